The lowest BCUT2D eigenvalue weighted by Gasteiger charge is -2.33. The molecule has 6 nitrogen and oxygen atoms in total. The van der Waals surface area contributed by atoms with Crippen molar-refractivity contribution in [3.05, 3.63) is 35.3 Å². The van der Waals surface area contributed by atoms with Crippen molar-refractivity contribution in [3.8, 4) is 0 Å². The molecule has 0 spiro atoms. The van der Waals surface area contributed by atoms with Crippen molar-refractivity contribution >= 4 is 5.84 Å². The van der Waals surface area contributed by atoms with Crippen LogP contribution < -0.4 is 11.5 Å². The molecule has 140 valence electrons. The zero-order valence-electron chi connectivity index (χ0n) is 15.8. The van der Waals surface area contributed by atoms with Crippen molar-refractivity contribution < 1.29 is 4.74 Å². The lowest BCUT2D eigenvalue weighted by molar-refractivity contribution is 0.119. The number of likely N-dealkylation sites (N-methyl/N-ethyl adjacent to an activating group) is 1. The molecule has 1 aliphatic heterocycles. The maximum Gasteiger partial charge on any atom is 0.122 e. The molecular formula is C19H33N5O. The number of amidine groups is 1. The second-order valence-corrected chi connectivity index (χ2v) is 7.32. The summed E-state index contributed by atoms with van der Waals surface area (Å²) >= 11 is 0. The van der Waals surface area contributed by atoms with E-state index in [4.69, 9.17) is 21.6 Å². The van der Waals surface area contributed by atoms with Crippen molar-refractivity contribution in [3.63, 3.8) is 0 Å². The van der Waals surface area contributed by atoms with Gasteiger partial charge in [-0.3, -0.25) is 5.41 Å². The average Bonchev–Trinajstić information content (AvgIpc) is 3.30. The highest BCUT2D eigenvalue weighted by atomic mass is 16.5. The zero-order valence-corrected chi connectivity index (χ0v) is 15.8. The van der Waals surface area contributed by atoms with E-state index in [0.717, 1.165) is 50.4 Å². The summed E-state index contributed by atoms with van der Waals surface area (Å²) < 4.78 is 6.01. The fraction of sp³-hybridized carbons (Fsp3) is 0.632. The molecule has 0 aromatic heterocycles. The first-order valence-electron chi connectivity index (χ1n) is 9.08. The molecule has 5 N–H and O–H groups in total. The Balaban J connectivity index is 1.94. The average molecular weight is 348 g/mol. The summed E-state index contributed by atoms with van der Waals surface area (Å²) in [4.78, 5) is 4.33. The standard InChI is InChI=1S/C19H33N5O/c1-4-17(25-19(2)5-6-19)12-15(14-20)11-16(21)13-18(22)24-9-7-23(3)8-10-24/h4,12-13,22H,5-11,14,20-21H2,1-3H3/b15-12-,16-13?,17-4+,22-18?. The van der Waals surface area contributed by atoms with Gasteiger partial charge in [-0.1, -0.05) is 0 Å². The van der Waals surface area contributed by atoms with Crippen LogP contribution >= 0.6 is 0 Å². The normalized spacial score (nSPS) is 22.1. The number of hydrogen-bond acceptors (Lipinski definition) is 5. The van der Waals surface area contributed by atoms with Crippen LogP contribution in [0.5, 0.6) is 0 Å². The Morgan fingerprint density at radius 2 is 1.84 bits per heavy atom. The topological polar surface area (TPSA) is 91.6 Å². The van der Waals surface area contributed by atoms with Crippen molar-refractivity contribution in [2.45, 2.75) is 38.7 Å². The number of hydrogen-bond donors (Lipinski definition) is 3. The van der Waals surface area contributed by atoms with Gasteiger partial charge in [-0.2, -0.15) is 0 Å². The third kappa shape index (κ3) is 6.21. The monoisotopic (exact) mass is 347 g/mol. The Hall–Kier alpha value is -1.79. The van der Waals surface area contributed by atoms with E-state index in [1.807, 2.05) is 19.1 Å². The fourth-order valence-electron chi connectivity index (χ4n) is 2.75. The summed E-state index contributed by atoms with van der Waals surface area (Å²) in [5.74, 6) is 1.33. The van der Waals surface area contributed by atoms with Crippen LogP contribution in [0.25, 0.3) is 0 Å². The molecule has 0 unspecified atom stereocenters. The van der Waals surface area contributed by atoms with Crippen molar-refractivity contribution in [1.29, 1.82) is 5.41 Å². The van der Waals surface area contributed by atoms with E-state index in [0.29, 0.717) is 24.5 Å². The van der Waals surface area contributed by atoms with Crippen LogP contribution in [0.3, 0.4) is 0 Å². The molecule has 6 heteroatoms. The van der Waals surface area contributed by atoms with E-state index in [1.54, 1.807) is 6.08 Å². The van der Waals surface area contributed by atoms with Crippen LogP contribution in [-0.4, -0.2) is 61.0 Å². The van der Waals surface area contributed by atoms with Crippen LogP contribution in [-0.2, 0) is 4.74 Å². The molecule has 0 bridgehead atoms. The number of piperazine rings is 1. The fourth-order valence-corrected chi connectivity index (χ4v) is 2.75. The molecule has 0 aromatic carbocycles. The zero-order chi connectivity index (χ0) is 18.4. The number of nitrogens with one attached hydrogen (secondary N) is 1. The first-order valence-corrected chi connectivity index (χ1v) is 9.08. The molecule has 1 saturated heterocycles. The summed E-state index contributed by atoms with van der Waals surface area (Å²) in [5, 5.41) is 8.25. The Kier molecular flexibility index (Phi) is 6.67. The maximum absolute atomic E-state index is 8.25. The Morgan fingerprint density at radius 3 is 2.36 bits per heavy atom. The number of rotatable bonds is 7. The maximum atomic E-state index is 8.25. The van der Waals surface area contributed by atoms with E-state index in [2.05, 4.69) is 23.8 Å². The molecule has 1 saturated carbocycles. The predicted octanol–water partition coefficient (Wildman–Crippen LogP) is 1.80. The van der Waals surface area contributed by atoms with Gasteiger partial charge in [0.15, 0.2) is 0 Å². The molecule has 1 heterocycles. The van der Waals surface area contributed by atoms with Crippen LogP contribution in [0.15, 0.2) is 35.3 Å². The molecule has 1 aliphatic carbocycles. The lowest BCUT2D eigenvalue weighted by atomic mass is 10.1. The van der Waals surface area contributed by atoms with Crippen LogP contribution in [0.1, 0.15) is 33.1 Å². The highest BCUT2D eigenvalue weighted by molar-refractivity contribution is 5.90. The van der Waals surface area contributed by atoms with E-state index in [9.17, 15) is 0 Å². The molecule has 0 atom stereocenters. The van der Waals surface area contributed by atoms with Gasteiger partial charge in [0.05, 0.1) is 0 Å². The van der Waals surface area contributed by atoms with Gasteiger partial charge < -0.3 is 26.0 Å². The minimum absolute atomic E-state index is 0.0109. The van der Waals surface area contributed by atoms with E-state index in [1.165, 1.54) is 0 Å². The number of ether oxygens (including phenoxy) is 1. The molecule has 2 aliphatic rings. The molecular weight excluding hydrogens is 314 g/mol. The van der Waals surface area contributed by atoms with Gasteiger partial charge in [-0.05, 0) is 57.5 Å². The SMILES string of the molecule is C/C=C(\C=C(/CN)CC(N)=CC(=N)N1CCN(C)CC1)OC1(C)CC1. The summed E-state index contributed by atoms with van der Waals surface area (Å²) in [6.07, 6.45) is 8.47. The van der Waals surface area contributed by atoms with Crippen LogP contribution in [0.4, 0.5) is 0 Å². The molecule has 0 amide bonds. The smallest absolute Gasteiger partial charge is 0.122 e. The Morgan fingerprint density at radius 1 is 1.20 bits per heavy atom. The van der Waals surface area contributed by atoms with Crippen molar-refractivity contribution in [1.82, 2.24) is 9.80 Å². The third-order valence-corrected chi connectivity index (χ3v) is 4.81. The predicted molar refractivity (Wildman–Crippen MR) is 103 cm³/mol. The summed E-state index contributed by atoms with van der Waals surface area (Å²) in [7, 11) is 2.10. The van der Waals surface area contributed by atoms with Crippen LogP contribution in [0.2, 0.25) is 0 Å². The first-order chi connectivity index (χ1) is 11.8. The largest absolute Gasteiger partial charge is 0.488 e. The number of nitrogens with two attached hydrogens (primary N) is 2. The van der Waals surface area contributed by atoms with Gasteiger partial charge in [0, 0.05) is 44.8 Å². The summed E-state index contributed by atoms with van der Waals surface area (Å²) in [6, 6.07) is 0. The summed E-state index contributed by atoms with van der Waals surface area (Å²) in [6.45, 7) is 8.21. The van der Waals surface area contributed by atoms with Gasteiger partial charge in [-0.15, -0.1) is 0 Å². The highest BCUT2D eigenvalue weighted by Gasteiger charge is 2.40. The molecule has 0 aromatic rings. The molecule has 2 fully saturated rings. The molecule has 2 rings (SSSR count). The van der Waals surface area contributed by atoms with Crippen molar-refractivity contribution in [2.75, 3.05) is 39.8 Å². The van der Waals surface area contributed by atoms with Gasteiger partial charge >= 0.3 is 0 Å². The quantitative estimate of drug-likeness (QED) is 0.283. The number of nitrogens with zero attached hydrogens (tertiary/aromatic N) is 2. The second kappa shape index (κ2) is 8.54. The van der Waals surface area contributed by atoms with E-state index in [-0.39, 0.29) is 5.60 Å². The second-order valence-electron chi connectivity index (χ2n) is 7.32. The first kappa shape index (κ1) is 19.5. The van der Waals surface area contributed by atoms with Crippen LogP contribution in [0, 0.1) is 5.41 Å². The van der Waals surface area contributed by atoms with Gasteiger partial charge in [0.2, 0.25) is 0 Å². The molecule has 0 radical (unpaired) electrons. The summed E-state index contributed by atoms with van der Waals surface area (Å²) in [5.41, 5.74) is 13.7. The lowest BCUT2D eigenvalue weighted by Crippen LogP contribution is -2.46. The number of allylic oxidation sites excluding steroid dienone is 3. The van der Waals surface area contributed by atoms with E-state index < -0.39 is 0 Å². The Labute approximate surface area is 151 Å². The van der Waals surface area contributed by atoms with Crippen molar-refractivity contribution in [2.24, 2.45) is 11.5 Å². The van der Waals surface area contributed by atoms with Gasteiger partial charge in [0.1, 0.15) is 17.2 Å². The van der Waals surface area contributed by atoms with Gasteiger partial charge in [0.25, 0.3) is 0 Å². The minimum Gasteiger partial charge on any atom is -0.488 e. The third-order valence-electron chi connectivity index (χ3n) is 4.81. The van der Waals surface area contributed by atoms with Gasteiger partial charge in [-0.25, -0.2) is 0 Å². The minimum atomic E-state index is -0.0109. The Bertz CT molecular complexity index is 566. The highest BCUT2D eigenvalue weighted by Crippen LogP contribution is 2.40. The molecule has 25 heavy (non-hydrogen) atoms. The van der Waals surface area contributed by atoms with E-state index >= 15 is 0 Å².